The number of fused-ring (bicyclic) bond motifs is 1. The number of hydrogen-bond acceptors (Lipinski definition) is 5. The predicted molar refractivity (Wildman–Crippen MR) is 129 cm³/mol. The maximum absolute atomic E-state index is 13.3. The van der Waals surface area contributed by atoms with Gasteiger partial charge in [0.2, 0.25) is 6.79 Å². The van der Waals surface area contributed by atoms with E-state index in [0.717, 1.165) is 52.4 Å². The third-order valence-electron chi connectivity index (χ3n) is 7.17. The number of rotatable bonds is 7. The van der Waals surface area contributed by atoms with Crippen LogP contribution >= 0.6 is 0 Å². The molecule has 1 aromatic heterocycles. The van der Waals surface area contributed by atoms with Gasteiger partial charge in [-0.1, -0.05) is 36.4 Å². The summed E-state index contributed by atoms with van der Waals surface area (Å²) in [6.45, 7) is 4.46. The Hall–Kier alpha value is -3.18. The molecule has 5 rings (SSSR count). The molecule has 2 heterocycles. The van der Waals surface area contributed by atoms with Crippen LogP contribution in [0.5, 0.6) is 11.5 Å². The fourth-order valence-corrected chi connectivity index (χ4v) is 4.64. The Bertz CT molecular complexity index is 1200. The maximum Gasteiger partial charge on any atom is 0.231 e. The van der Waals surface area contributed by atoms with Crippen molar-refractivity contribution in [3.8, 4) is 22.6 Å². The number of nitrogens with zero attached hydrogens (tertiary/aromatic N) is 2. The van der Waals surface area contributed by atoms with Gasteiger partial charge in [0, 0.05) is 29.4 Å². The fourth-order valence-electron chi connectivity index (χ4n) is 4.64. The molecule has 1 fully saturated rings. The molecule has 0 N–H and O–H groups in total. The standard InChI is InChI=1S/C28H30N2O3/c1-18-24(21-7-5-20(6-8-21)19(2)30(3)4)11-10-23(29-18)16-27(31)28(13-14-28)22-9-12-25-26(15-22)33-17-32-25/h5-12,15,19H,13-14,16-17H2,1-4H3. The zero-order valence-electron chi connectivity index (χ0n) is 19.7. The summed E-state index contributed by atoms with van der Waals surface area (Å²) < 4.78 is 10.9. The fraction of sp³-hybridized carbons (Fsp3) is 0.357. The molecule has 1 aliphatic carbocycles. The Balaban J connectivity index is 1.32. The summed E-state index contributed by atoms with van der Waals surface area (Å²) in [4.78, 5) is 20.3. The lowest BCUT2D eigenvalue weighted by molar-refractivity contribution is -0.120. The van der Waals surface area contributed by atoms with E-state index >= 15 is 0 Å². The van der Waals surface area contributed by atoms with E-state index in [1.165, 1.54) is 5.56 Å². The van der Waals surface area contributed by atoms with E-state index in [1.54, 1.807) is 0 Å². The summed E-state index contributed by atoms with van der Waals surface area (Å²) in [7, 11) is 4.18. The topological polar surface area (TPSA) is 51.7 Å². The SMILES string of the molecule is Cc1nc(CC(=O)C2(c3ccc4c(c3)OCO4)CC2)ccc1-c1ccc(C(C)N(C)C)cc1. The lowest BCUT2D eigenvalue weighted by atomic mass is 9.88. The van der Waals surface area contributed by atoms with E-state index in [-0.39, 0.29) is 12.6 Å². The molecule has 2 aliphatic rings. The Labute approximate surface area is 195 Å². The summed E-state index contributed by atoms with van der Waals surface area (Å²) >= 11 is 0. The lowest BCUT2D eigenvalue weighted by Gasteiger charge is -2.20. The minimum absolute atomic E-state index is 0.225. The molecule has 33 heavy (non-hydrogen) atoms. The van der Waals surface area contributed by atoms with E-state index in [4.69, 9.17) is 14.5 Å². The molecule has 2 aromatic carbocycles. The van der Waals surface area contributed by atoms with Gasteiger partial charge in [0.15, 0.2) is 11.5 Å². The number of carbonyl (C=O) groups excluding carboxylic acids is 1. The molecule has 170 valence electrons. The second kappa shape index (κ2) is 8.31. The van der Waals surface area contributed by atoms with E-state index in [1.807, 2.05) is 31.2 Å². The molecule has 1 aliphatic heterocycles. The first-order valence-corrected chi connectivity index (χ1v) is 11.5. The van der Waals surface area contributed by atoms with Crippen molar-refractivity contribution in [2.75, 3.05) is 20.9 Å². The number of ketones is 1. The molecule has 5 heteroatoms. The molecule has 1 atom stereocenters. The van der Waals surface area contributed by atoms with Crippen molar-refractivity contribution in [1.29, 1.82) is 0 Å². The zero-order valence-corrected chi connectivity index (χ0v) is 19.7. The van der Waals surface area contributed by atoms with E-state index in [0.29, 0.717) is 12.5 Å². The Morgan fingerprint density at radius 1 is 1.03 bits per heavy atom. The van der Waals surface area contributed by atoms with Gasteiger partial charge in [-0.3, -0.25) is 9.78 Å². The van der Waals surface area contributed by atoms with Gasteiger partial charge in [0.25, 0.3) is 0 Å². The van der Waals surface area contributed by atoms with Crippen LogP contribution in [0, 0.1) is 6.92 Å². The molecule has 5 nitrogen and oxygen atoms in total. The summed E-state index contributed by atoms with van der Waals surface area (Å²) in [5.74, 6) is 1.71. The molecule has 3 aromatic rings. The van der Waals surface area contributed by atoms with Crippen molar-refractivity contribution in [1.82, 2.24) is 9.88 Å². The third-order valence-corrected chi connectivity index (χ3v) is 7.17. The number of Topliss-reactive ketones (excluding diaryl/α,β-unsaturated/α-hetero) is 1. The van der Waals surface area contributed by atoms with Crippen molar-refractivity contribution in [3.63, 3.8) is 0 Å². The second-order valence-corrected chi connectivity index (χ2v) is 9.45. The summed E-state index contributed by atoms with van der Waals surface area (Å²) in [6, 6.07) is 19.0. The highest BCUT2D eigenvalue weighted by molar-refractivity contribution is 5.94. The molecular formula is C28H30N2O3. The minimum Gasteiger partial charge on any atom is -0.454 e. The predicted octanol–water partition coefficient (Wildman–Crippen LogP) is 5.25. The van der Waals surface area contributed by atoms with Crippen LogP contribution in [0.2, 0.25) is 0 Å². The minimum atomic E-state index is -0.409. The van der Waals surface area contributed by atoms with Crippen LogP contribution in [0.4, 0.5) is 0 Å². The highest BCUT2D eigenvalue weighted by Gasteiger charge is 2.51. The van der Waals surface area contributed by atoms with Gasteiger partial charge in [-0.2, -0.15) is 0 Å². The molecule has 0 bridgehead atoms. The molecule has 0 saturated heterocycles. The van der Waals surface area contributed by atoms with E-state index in [9.17, 15) is 4.79 Å². The summed E-state index contributed by atoms with van der Waals surface area (Å²) in [5, 5.41) is 0. The van der Waals surface area contributed by atoms with Gasteiger partial charge in [-0.15, -0.1) is 0 Å². The Kier molecular flexibility index (Phi) is 5.45. The first-order valence-electron chi connectivity index (χ1n) is 11.5. The van der Waals surface area contributed by atoms with Gasteiger partial charge < -0.3 is 14.4 Å². The lowest BCUT2D eigenvalue weighted by Crippen LogP contribution is -2.23. The monoisotopic (exact) mass is 442 g/mol. The average molecular weight is 443 g/mol. The highest BCUT2D eigenvalue weighted by Crippen LogP contribution is 2.51. The quantitative estimate of drug-likeness (QED) is 0.500. The summed E-state index contributed by atoms with van der Waals surface area (Å²) in [5.41, 5.74) is 5.92. The van der Waals surface area contributed by atoms with Gasteiger partial charge >= 0.3 is 0 Å². The highest BCUT2D eigenvalue weighted by atomic mass is 16.7. The number of aromatic nitrogens is 1. The van der Waals surface area contributed by atoms with Crippen LogP contribution < -0.4 is 9.47 Å². The molecule has 0 amide bonds. The molecule has 1 saturated carbocycles. The van der Waals surface area contributed by atoms with Gasteiger partial charge in [0.1, 0.15) is 5.78 Å². The van der Waals surface area contributed by atoms with Crippen LogP contribution in [0.15, 0.2) is 54.6 Å². The van der Waals surface area contributed by atoms with Crippen LogP contribution in [0.1, 0.15) is 48.3 Å². The smallest absolute Gasteiger partial charge is 0.231 e. The van der Waals surface area contributed by atoms with Crippen LogP contribution in [0.25, 0.3) is 11.1 Å². The molecule has 0 radical (unpaired) electrons. The number of ether oxygens (including phenoxy) is 2. The normalized spacial score (nSPS) is 16.6. The van der Waals surface area contributed by atoms with E-state index < -0.39 is 5.41 Å². The van der Waals surface area contributed by atoms with Crippen molar-refractivity contribution in [3.05, 3.63) is 77.1 Å². The molecule has 1 unspecified atom stereocenters. The number of benzene rings is 2. The zero-order chi connectivity index (χ0) is 23.2. The maximum atomic E-state index is 13.3. The Morgan fingerprint density at radius 3 is 2.42 bits per heavy atom. The Morgan fingerprint density at radius 2 is 1.76 bits per heavy atom. The van der Waals surface area contributed by atoms with Crippen LogP contribution in [0.3, 0.4) is 0 Å². The number of aryl methyl sites for hydroxylation is 1. The van der Waals surface area contributed by atoms with Crippen molar-refractivity contribution in [2.24, 2.45) is 0 Å². The van der Waals surface area contributed by atoms with Gasteiger partial charge in [0.05, 0.1) is 5.41 Å². The largest absolute Gasteiger partial charge is 0.454 e. The molecule has 0 spiro atoms. The van der Waals surface area contributed by atoms with Crippen molar-refractivity contribution in [2.45, 2.75) is 44.6 Å². The van der Waals surface area contributed by atoms with Gasteiger partial charge in [-0.05, 0) is 75.7 Å². The van der Waals surface area contributed by atoms with Crippen LogP contribution in [-0.4, -0.2) is 36.6 Å². The van der Waals surface area contributed by atoms with Crippen molar-refractivity contribution >= 4 is 5.78 Å². The molecular weight excluding hydrogens is 412 g/mol. The average Bonchev–Trinajstić information content (AvgIpc) is 3.49. The first kappa shape index (κ1) is 21.7. The van der Waals surface area contributed by atoms with Gasteiger partial charge in [-0.25, -0.2) is 0 Å². The van der Waals surface area contributed by atoms with Crippen LogP contribution in [-0.2, 0) is 16.6 Å². The number of carbonyl (C=O) groups is 1. The van der Waals surface area contributed by atoms with E-state index in [2.05, 4.69) is 56.3 Å². The second-order valence-electron chi connectivity index (χ2n) is 9.45. The summed E-state index contributed by atoms with van der Waals surface area (Å²) in [6.07, 6.45) is 2.09. The first-order chi connectivity index (χ1) is 15.9. The third kappa shape index (κ3) is 4.02. The van der Waals surface area contributed by atoms with Crippen molar-refractivity contribution < 1.29 is 14.3 Å². The number of pyridine rings is 1. The number of hydrogen-bond donors (Lipinski definition) is 0.